The van der Waals surface area contributed by atoms with Crippen molar-refractivity contribution in [2.45, 2.75) is 38.5 Å². The van der Waals surface area contributed by atoms with Crippen LogP contribution in [0.4, 0.5) is 26.3 Å². The van der Waals surface area contributed by atoms with Crippen LogP contribution >= 0.6 is 0 Å². The lowest BCUT2D eigenvalue weighted by Crippen LogP contribution is -2.33. The van der Waals surface area contributed by atoms with Crippen molar-refractivity contribution in [2.75, 3.05) is 0 Å². The Morgan fingerprint density at radius 2 is 1.72 bits per heavy atom. The fraction of sp³-hybridized carbons (Fsp3) is 0.316. The molecular formula is C19H17F6NO3. The maximum absolute atomic E-state index is 13.9. The van der Waals surface area contributed by atoms with Gasteiger partial charge in [0, 0.05) is 6.07 Å². The Bertz CT molecular complexity index is 860. The van der Waals surface area contributed by atoms with Crippen LogP contribution in [0.25, 0.3) is 0 Å². The molecule has 0 bridgehead atoms. The van der Waals surface area contributed by atoms with Gasteiger partial charge in [-0.3, -0.25) is 4.79 Å². The van der Waals surface area contributed by atoms with Crippen molar-refractivity contribution in [3.63, 3.8) is 0 Å². The second-order valence-corrected chi connectivity index (χ2v) is 6.26. The van der Waals surface area contributed by atoms with E-state index >= 15 is 0 Å². The number of rotatable bonds is 9. The number of alkyl halides is 4. The fourth-order valence-corrected chi connectivity index (χ4v) is 2.51. The number of benzene rings is 2. The largest absolute Gasteiger partial charge is 0.488 e. The molecular weight excluding hydrogens is 404 g/mol. The molecule has 4 nitrogen and oxygen atoms in total. The summed E-state index contributed by atoms with van der Waals surface area (Å²) in [6.07, 6.45) is -9.09. The summed E-state index contributed by atoms with van der Waals surface area (Å²) in [7, 11) is 0. The minimum atomic E-state index is -4.84. The topological polar surface area (TPSA) is 47.6 Å². The van der Waals surface area contributed by atoms with Gasteiger partial charge in [0.25, 0.3) is 0 Å². The Hall–Kier alpha value is -2.91. The number of nitrogens with one attached hydrogen (secondary N) is 1. The maximum atomic E-state index is 13.9. The average molecular weight is 421 g/mol. The van der Waals surface area contributed by atoms with Crippen molar-refractivity contribution in [1.82, 2.24) is 5.32 Å². The van der Waals surface area contributed by atoms with E-state index in [9.17, 15) is 31.1 Å². The van der Waals surface area contributed by atoms with Crippen molar-refractivity contribution in [1.29, 1.82) is 0 Å². The summed E-state index contributed by atoms with van der Waals surface area (Å²) in [5.74, 6) is -2.77. The first-order chi connectivity index (χ1) is 13.5. The number of ether oxygens (including phenoxy) is 2. The van der Waals surface area contributed by atoms with E-state index in [4.69, 9.17) is 4.74 Å². The zero-order valence-corrected chi connectivity index (χ0v) is 15.3. The zero-order chi connectivity index (χ0) is 21.8. The van der Waals surface area contributed by atoms with Crippen LogP contribution in [0.2, 0.25) is 0 Å². The number of carbonyl (C=O) groups is 1. The molecule has 1 unspecified atom stereocenters. The summed E-state index contributed by atoms with van der Waals surface area (Å²) in [6.45, 7) is 3.32. The van der Waals surface area contributed by atoms with Crippen LogP contribution in [0.15, 0.2) is 36.4 Å². The lowest BCUT2D eigenvalue weighted by molar-refractivity contribution is -0.253. The standard InChI is InChI=1S/C19H17F6NO3/c1-10(2)28-16-7-11(3-4-15(16)21)17(26-9-27)12-5-13(20)8-14(6-12)29-19(24,25)18(22)23/h3-10,17-18H,1-2H3,(H,26,27). The lowest BCUT2D eigenvalue weighted by Gasteiger charge is -2.21. The van der Waals surface area contributed by atoms with Crippen molar-refractivity contribution in [2.24, 2.45) is 0 Å². The third-order valence-electron chi connectivity index (χ3n) is 3.62. The normalized spacial score (nSPS) is 12.8. The molecule has 0 spiro atoms. The van der Waals surface area contributed by atoms with Crippen molar-refractivity contribution in [3.05, 3.63) is 59.2 Å². The van der Waals surface area contributed by atoms with E-state index in [0.717, 1.165) is 18.2 Å². The highest BCUT2D eigenvalue weighted by atomic mass is 19.3. The third-order valence-corrected chi connectivity index (χ3v) is 3.62. The van der Waals surface area contributed by atoms with Crippen LogP contribution in [-0.4, -0.2) is 25.0 Å². The molecule has 29 heavy (non-hydrogen) atoms. The Labute approximate surface area is 162 Å². The van der Waals surface area contributed by atoms with E-state index in [1.54, 1.807) is 13.8 Å². The third kappa shape index (κ3) is 5.78. The second kappa shape index (κ2) is 9.06. The van der Waals surface area contributed by atoms with Crippen LogP contribution in [0.1, 0.15) is 31.0 Å². The molecule has 10 heteroatoms. The summed E-state index contributed by atoms with van der Waals surface area (Å²) in [4.78, 5) is 11.0. The molecule has 158 valence electrons. The van der Waals surface area contributed by atoms with Gasteiger partial charge in [0.15, 0.2) is 11.6 Å². The highest BCUT2D eigenvalue weighted by Crippen LogP contribution is 2.33. The Kier molecular flexibility index (Phi) is 6.99. The van der Waals surface area contributed by atoms with Gasteiger partial charge in [-0.1, -0.05) is 6.07 Å². The van der Waals surface area contributed by atoms with E-state index < -0.39 is 36.0 Å². The van der Waals surface area contributed by atoms with Crippen molar-refractivity contribution < 1.29 is 40.6 Å². The molecule has 0 saturated heterocycles. The molecule has 0 saturated carbocycles. The Morgan fingerprint density at radius 1 is 1.03 bits per heavy atom. The summed E-state index contributed by atoms with van der Waals surface area (Å²) < 4.78 is 88.1. The number of halogens is 6. The predicted molar refractivity (Wildman–Crippen MR) is 91.2 cm³/mol. The van der Waals surface area contributed by atoms with Gasteiger partial charge in [-0.15, -0.1) is 0 Å². The van der Waals surface area contributed by atoms with Gasteiger partial charge < -0.3 is 14.8 Å². The molecule has 0 heterocycles. The summed E-state index contributed by atoms with van der Waals surface area (Å²) in [5.41, 5.74) is 0.130. The smallest absolute Gasteiger partial charge is 0.461 e. The number of amides is 1. The monoisotopic (exact) mass is 421 g/mol. The highest BCUT2D eigenvalue weighted by Gasteiger charge is 2.44. The lowest BCUT2D eigenvalue weighted by atomic mass is 9.98. The summed E-state index contributed by atoms with van der Waals surface area (Å²) in [6, 6.07) is 4.69. The van der Waals surface area contributed by atoms with E-state index in [2.05, 4.69) is 10.1 Å². The van der Waals surface area contributed by atoms with Gasteiger partial charge in [-0.2, -0.15) is 17.6 Å². The van der Waals surface area contributed by atoms with Gasteiger partial charge in [-0.25, -0.2) is 8.78 Å². The second-order valence-electron chi connectivity index (χ2n) is 6.26. The SMILES string of the molecule is CC(C)Oc1cc(C(NC=O)c2cc(F)cc(OC(F)(F)C(F)F)c2)ccc1F. The Morgan fingerprint density at radius 3 is 2.31 bits per heavy atom. The van der Waals surface area contributed by atoms with Gasteiger partial charge in [0.2, 0.25) is 6.41 Å². The first kappa shape index (κ1) is 22.4. The zero-order valence-electron chi connectivity index (χ0n) is 15.3. The molecule has 1 atom stereocenters. The minimum absolute atomic E-state index is 0.0979. The van der Waals surface area contributed by atoms with E-state index in [1.165, 1.54) is 12.1 Å². The minimum Gasteiger partial charge on any atom is -0.488 e. The molecule has 2 aromatic rings. The first-order valence-electron chi connectivity index (χ1n) is 8.34. The molecule has 1 N–H and O–H groups in total. The predicted octanol–water partition coefficient (Wildman–Crippen LogP) is 4.82. The summed E-state index contributed by atoms with van der Waals surface area (Å²) in [5, 5.41) is 2.34. The van der Waals surface area contributed by atoms with Gasteiger partial charge in [-0.05, 0) is 49.2 Å². The molecule has 2 aromatic carbocycles. The molecule has 0 aromatic heterocycles. The van der Waals surface area contributed by atoms with Crippen LogP contribution in [-0.2, 0) is 4.79 Å². The van der Waals surface area contributed by atoms with Crippen LogP contribution < -0.4 is 14.8 Å². The molecule has 0 fully saturated rings. The van der Waals surface area contributed by atoms with Gasteiger partial charge >= 0.3 is 12.5 Å². The highest BCUT2D eigenvalue weighted by molar-refractivity contribution is 5.52. The molecule has 0 aliphatic heterocycles. The number of hydrogen-bond acceptors (Lipinski definition) is 3. The first-order valence-corrected chi connectivity index (χ1v) is 8.34. The molecule has 0 aliphatic rings. The molecule has 1 amide bonds. The van der Waals surface area contributed by atoms with Crippen LogP contribution in [0.3, 0.4) is 0 Å². The van der Waals surface area contributed by atoms with Crippen molar-refractivity contribution >= 4 is 6.41 Å². The molecule has 2 rings (SSSR count). The molecule has 0 aliphatic carbocycles. The summed E-state index contributed by atoms with van der Waals surface area (Å²) >= 11 is 0. The van der Waals surface area contributed by atoms with Gasteiger partial charge in [0.1, 0.15) is 11.6 Å². The average Bonchev–Trinajstić information content (AvgIpc) is 2.60. The van der Waals surface area contributed by atoms with Crippen LogP contribution in [0.5, 0.6) is 11.5 Å². The van der Waals surface area contributed by atoms with Gasteiger partial charge in [0.05, 0.1) is 12.1 Å². The van der Waals surface area contributed by atoms with E-state index in [-0.39, 0.29) is 29.4 Å². The van der Waals surface area contributed by atoms with E-state index in [0.29, 0.717) is 6.07 Å². The number of hydrogen-bond donors (Lipinski definition) is 1. The maximum Gasteiger partial charge on any atom is 0.461 e. The number of carbonyl (C=O) groups excluding carboxylic acids is 1. The molecule has 0 radical (unpaired) electrons. The fourth-order valence-electron chi connectivity index (χ4n) is 2.51. The van der Waals surface area contributed by atoms with Crippen molar-refractivity contribution in [3.8, 4) is 11.5 Å². The van der Waals surface area contributed by atoms with Crippen LogP contribution in [0, 0.1) is 11.6 Å². The quantitative estimate of drug-likeness (QED) is 0.466. The Balaban J connectivity index is 2.47. The van der Waals surface area contributed by atoms with E-state index in [1.807, 2.05) is 0 Å².